The fourth-order valence-electron chi connectivity index (χ4n) is 2.85. The average Bonchev–Trinajstić information content (AvgIpc) is 3.22. The van der Waals surface area contributed by atoms with Crippen molar-refractivity contribution in [1.29, 1.82) is 0 Å². The Morgan fingerprint density at radius 1 is 1.00 bits per heavy atom. The molecule has 0 aromatic heterocycles. The molecule has 0 saturated carbocycles. The van der Waals surface area contributed by atoms with E-state index >= 15 is 0 Å². The Kier molecular flexibility index (Phi) is 10.8. The van der Waals surface area contributed by atoms with Crippen molar-refractivity contribution in [2.75, 3.05) is 12.3 Å². The van der Waals surface area contributed by atoms with E-state index in [1.54, 1.807) is 0 Å². The Hall–Kier alpha value is -2.87. The summed E-state index contributed by atoms with van der Waals surface area (Å²) in [6.45, 7) is 0.621. The summed E-state index contributed by atoms with van der Waals surface area (Å²) in [6, 6.07) is -4.74. The third kappa shape index (κ3) is 9.21. The lowest BCUT2D eigenvalue weighted by atomic mass is 10.1. The molecular formula is C17H27N5O8S. The van der Waals surface area contributed by atoms with Gasteiger partial charge in [0.1, 0.15) is 18.1 Å². The fourth-order valence-corrected chi connectivity index (χ4v) is 3.10. The molecule has 4 atom stereocenters. The maximum Gasteiger partial charge on any atom is 0.326 e. The first-order valence-electron chi connectivity index (χ1n) is 9.53. The Morgan fingerprint density at radius 3 is 2.10 bits per heavy atom. The Bertz CT molecular complexity index is 713. The van der Waals surface area contributed by atoms with Crippen LogP contribution in [0.15, 0.2) is 0 Å². The van der Waals surface area contributed by atoms with Crippen molar-refractivity contribution in [2.24, 2.45) is 5.73 Å². The highest BCUT2D eigenvalue weighted by Crippen LogP contribution is 2.06. The Morgan fingerprint density at radius 2 is 1.61 bits per heavy atom. The van der Waals surface area contributed by atoms with Gasteiger partial charge in [0, 0.05) is 12.2 Å². The van der Waals surface area contributed by atoms with Crippen LogP contribution in [-0.2, 0) is 28.8 Å². The zero-order valence-electron chi connectivity index (χ0n) is 16.6. The molecule has 1 saturated heterocycles. The van der Waals surface area contributed by atoms with Crippen molar-refractivity contribution < 1.29 is 39.0 Å². The van der Waals surface area contributed by atoms with Crippen molar-refractivity contribution in [3.63, 3.8) is 0 Å². The van der Waals surface area contributed by atoms with Crippen LogP contribution in [-0.4, -0.2) is 82.2 Å². The van der Waals surface area contributed by atoms with Crippen LogP contribution in [0, 0.1) is 0 Å². The number of aliphatic carboxylic acids is 2. The smallest absolute Gasteiger partial charge is 0.326 e. The molecule has 31 heavy (non-hydrogen) atoms. The SMILES string of the molecule is NC(=O)CCC(NC(=O)C(CS)NC(=O)C(CC(=O)O)NC(=O)C1CCCN1)C(=O)O. The van der Waals surface area contributed by atoms with E-state index in [0.717, 1.165) is 6.42 Å². The molecule has 1 rings (SSSR count). The number of primary amides is 1. The van der Waals surface area contributed by atoms with Crippen LogP contribution in [0.1, 0.15) is 32.1 Å². The summed E-state index contributed by atoms with van der Waals surface area (Å²) >= 11 is 3.96. The van der Waals surface area contributed by atoms with E-state index in [1.807, 2.05) is 0 Å². The molecule has 0 aromatic rings. The number of rotatable bonds is 13. The number of thiol groups is 1. The first kappa shape index (κ1) is 26.2. The van der Waals surface area contributed by atoms with Crippen molar-refractivity contribution >= 4 is 48.2 Å². The second-order valence-electron chi connectivity index (χ2n) is 6.96. The number of carbonyl (C=O) groups is 6. The maximum absolute atomic E-state index is 12.5. The molecule has 0 radical (unpaired) electrons. The number of hydrogen-bond acceptors (Lipinski definition) is 8. The number of carboxylic acid groups (broad SMARTS) is 2. The normalized spacial score (nSPS) is 18.3. The highest BCUT2D eigenvalue weighted by Gasteiger charge is 2.32. The van der Waals surface area contributed by atoms with Crippen LogP contribution in [0.5, 0.6) is 0 Å². The molecule has 14 heteroatoms. The van der Waals surface area contributed by atoms with Crippen molar-refractivity contribution in [3.05, 3.63) is 0 Å². The van der Waals surface area contributed by atoms with E-state index in [-0.39, 0.29) is 18.6 Å². The molecule has 4 amide bonds. The molecule has 1 fully saturated rings. The third-order valence-corrected chi connectivity index (χ3v) is 4.86. The topological polar surface area (TPSA) is 217 Å². The van der Waals surface area contributed by atoms with E-state index in [1.165, 1.54) is 0 Å². The maximum atomic E-state index is 12.5. The average molecular weight is 461 g/mol. The Labute approximate surface area is 183 Å². The van der Waals surface area contributed by atoms with Gasteiger partial charge < -0.3 is 37.2 Å². The number of amides is 4. The van der Waals surface area contributed by atoms with E-state index in [4.69, 9.17) is 15.9 Å². The number of carboxylic acids is 2. The van der Waals surface area contributed by atoms with Gasteiger partial charge in [-0.25, -0.2) is 4.79 Å². The first-order valence-corrected chi connectivity index (χ1v) is 10.2. The van der Waals surface area contributed by atoms with Crippen molar-refractivity contribution in [3.8, 4) is 0 Å². The van der Waals surface area contributed by atoms with Crippen LogP contribution in [0.4, 0.5) is 0 Å². The summed E-state index contributed by atoms with van der Waals surface area (Å²) < 4.78 is 0. The number of nitrogens with one attached hydrogen (secondary N) is 4. The molecule has 0 spiro atoms. The molecule has 0 bridgehead atoms. The van der Waals surface area contributed by atoms with Crippen LogP contribution in [0.25, 0.3) is 0 Å². The summed E-state index contributed by atoms with van der Waals surface area (Å²) in [7, 11) is 0. The van der Waals surface area contributed by atoms with Crippen molar-refractivity contribution in [2.45, 2.75) is 56.3 Å². The van der Waals surface area contributed by atoms with Gasteiger partial charge in [0.05, 0.1) is 12.5 Å². The van der Waals surface area contributed by atoms with Crippen molar-refractivity contribution in [1.82, 2.24) is 21.3 Å². The minimum absolute atomic E-state index is 0.238. The summed E-state index contributed by atoms with van der Waals surface area (Å²) in [5.74, 6) is -6.11. The lowest BCUT2D eigenvalue weighted by molar-refractivity contribution is -0.143. The molecule has 174 valence electrons. The standard InChI is InChI=1S/C17H27N5O8S/c18-12(23)4-3-9(17(29)30)20-16(28)11(7-31)22-15(27)10(6-13(24)25)21-14(26)8-2-1-5-19-8/h8-11,19,31H,1-7H2,(H2,18,23)(H,20,28)(H,21,26)(H,22,27)(H,24,25)(H,29,30). The molecule has 1 aliphatic rings. The zero-order chi connectivity index (χ0) is 23.6. The van der Waals surface area contributed by atoms with Crippen LogP contribution >= 0.6 is 12.6 Å². The lowest BCUT2D eigenvalue weighted by Gasteiger charge is -2.23. The minimum Gasteiger partial charge on any atom is -0.481 e. The molecule has 0 aliphatic carbocycles. The molecular weight excluding hydrogens is 434 g/mol. The minimum atomic E-state index is -1.45. The van der Waals surface area contributed by atoms with Gasteiger partial charge in [-0.15, -0.1) is 0 Å². The highest BCUT2D eigenvalue weighted by atomic mass is 32.1. The summed E-state index contributed by atoms with van der Waals surface area (Å²) in [5.41, 5.74) is 4.98. The molecule has 1 heterocycles. The molecule has 1 aliphatic heterocycles. The lowest BCUT2D eigenvalue weighted by Crippen LogP contribution is -2.58. The van der Waals surface area contributed by atoms with Gasteiger partial charge in [-0.3, -0.25) is 24.0 Å². The van der Waals surface area contributed by atoms with Gasteiger partial charge in [0.2, 0.25) is 23.6 Å². The van der Waals surface area contributed by atoms with Crippen LogP contribution in [0.3, 0.4) is 0 Å². The molecule has 8 N–H and O–H groups in total. The second-order valence-corrected chi connectivity index (χ2v) is 7.32. The highest BCUT2D eigenvalue weighted by molar-refractivity contribution is 7.80. The quantitative estimate of drug-likeness (QED) is 0.130. The van der Waals surface area contributed by atoms with Crippen LogP contribution in [0.2, 0.25) is 0 Å². The molecule has 4 unspecified atom stereocenters. The summed E-state index contributed by atoms with van der Waals surface area (Å²) in [6.07, 6.45) is 0.0431. The van der Waals surface area contributed by atoms with Gasteiger partial charge in [-0.1, -0.05) is 0 Å². The number of carbonyl (C=O) groups excluding carboxylic acids is 4. The van der Waals surface area contributed by atoms with Gasteiger partial charge in [0.15, 0.2) is 0 Å². The predicted molar refractivity (Wildman–Crippen MR) is 109 cm³/mol. The van der Waals surface area contributed by atoms with Gasteiger partial charge in [-0.2, -0.15) is 12.6 Å². The summed E-state index contributed by atoms with van der Waals surface area (Å²) in [5, 5.41) is 27.9. The van der Waals surface area contributed by atoms with E-state index in [2.05, 4.69) is 33.9 Å². The predicted octanol–water partition coefficient (Wildman–Crippen LogP) is -3.05. The number of nitrogens with two attached hydrogens (primary N) is 1. The van der Waals surface area contributed by atoms with Gasteiger partial charge in [0.25, 0.3) is 0 Å². The van der Waals surface area contributed by atoms with Crippen LogP contribution < -0.4 is 27.0 Å². The monoisotopic (exact) mass is 461 g/mol. The van der Waals surface area contributed by atoms with Gasteiger partial charge in [-0.05, 0) is 25.8 Å². The summed E-state index contributed by atoms with van der Waals surface area (Å²) in [4.78, 5) is 70.4. The fraction of sp³-hybridized carbons (Fsp3) is 0.647. The van der Waals surface area contributed by atoms with E-state index in [9.17, 15) is 28.8 Å². The first-order chi connectivity index (χ1) is 14.5. The zero-order valence-corrected chi connectivity index (χ0v) is 17.5. The molecule has 0 aromatic carbocycles. The van der Waals surface area contributed by atoms with E-state index in [0.29, 0.717) is 13.0 Å². The Balaban J connectivity index is 2.78. The second kappa shape index (κ2) is 12.7. The number of hydrogen-bond donors (Lipinski definition) is 8. The van der Waals surface area contributed by atoms with Gasteiger partial charge >= 0.3 is 11.9 Å². The largest absolute Gasteiger partial charge is 0.481 e. The third-order valence-electron chi connectivity index (χ3n) is 4.50. The molecule has 13 nitrogen and oxygen atoms in total. The van der Waals surface area contributed by atoms with E-state index < -0.39 is 66.2 Å².